The Labute approximate surface area is 254 Å². The molecule has 6 rings (SSSR count). The fourth-order valence-electron chi connectivity index (χ4n) is 10.3. The minimum atomic E-state index is -0.611. The summed E-state index contributed by atoms with van der Waals surface area (Å²) in [6.07, 6.45) is 16.5. The molecule has 6 nitrogen and oxygen atoms in total. The maximum Gasteiger partial charge on any atom is 0.309 e. The highest BCUT2D eigenvalue weighted by Gasteiger charge is 2.56. The third-order valence-electron chi connectivity index (χ3n) is 12.4. The highest BCUT2D eigenvalue weighted by atomic mass is 16.7. The molecule has 1 N–H and O–H groups in total. The Balaban J connectivity index is 0.000000169. The first-order valence-corrected chi connectivity index (χ1v) is 16.9. The van der Waals surface area contributed by atoms with Crippen LogP contribution in [0.1, 0.15) is 132 Å². The van der Waals surface area contributed by atoms with Gasteiger partial charge in [0.1, 0.15) is 0 Å². The van der Waals surface area contributed by atoms with Crippen LogP contribution in [-0.2, 0) is 23.8 Å². The second kappa shape index (κ2) is 11.5. The number of rotatable bonds is 3. The molecule has 6 heteroatoms. The van der Waals surface area contributed by atoms with E-state index in [9.17, 15) is 14.7 Å². The van der Waals surface area contributed by atoms with Gasteiger partial charge in [0.2, 0.25) is 6.29 Å². The summed E-state index contributed by atoms with van der Waals surface area (Å²) in [5, 5.41) is 11.4. The Morgan fingerprint density at radius 1 is 0.929 bits per heavy atom. The number of esters is 2. The van der Waals surface area contributed by atoms with Gasteiger partial charge in [-0.25, -0.2) is 0 Å². The molecular weight excluding hydrogens is 528 g/mol. The molecule has 3 saturated carbocycles. The van der Waals surface area contributed by atoms with Crippen LogP contribution in [0.25, 0.3) is 0 Å². The van der Waals surface area contributed by atoms with Crippen molar-refractivity contribution in [1.29, 1.82) is 0 Å². The number of allylic oxidation sites excluding steroid dienone is 2. The van der Waals surface area contributed by atoms with Crippen molar-refractivity contribution in [2.45, 2.75) is 144 Å². The SMILES string of the molecule is CC(=O)O[C@@H]1OC[C@H]2CC(C3(C)CCCC(C)(C)C3)=CC[C@H]21.CC1(C)CCCC(C)([C@@]2(O)CC[C@H]3C(=O)OC[C@H]3C2)C1. The number of hydrogen-bond acceptors (Lipinski definition) is 6. The number of aliphatic hydroxyl groups is 1. The Hall–Kier alpha value is -1.40. The van der Waals surface area contributed by atoms with Gasteiger partial charge in [-0.2, -0.15) is 0 Å². The molecule has 2 heterocycles. The summed E-state index contributed by atoms with van der Waals surface area (Å²) >= 11 is 0. The molecule has 0 aromatic rings. The Morgan fingerprint density at radius 2 is 1.62 bits per heavy atom. The third-order valence-corrected chi connectivity index (χ3v) is 12.4. The maximum atomic E-state index is 11.7. The minimum absolute atomic E-state index is 0.00857. The standard InChI is InChI=1S/C19H30O3.C17H28O3/c1-13(20)22-17-16-7-6-15(10-14(16)11-21-17)19(4)9-5-8-18(2,3)12-19;1-15(2)6-4-7-16(3,11-15)17(19)8-5-13-12(9-17)10-20-14(13)18/h6,14,16-17H,5,7-12H2,1-4H3;12-13,19H,4-11H2,1-3H3/t14-,16-,17+,19?;12-,13-,16?,17-/m11/s1. The predicted octanol–water partition coefficient (Wildman–Crippen LogP) is 7.76. The van der Waals surface area contributed by atoms with Gasteiger partial charge in [-0.1, -0.05) is 66.0 Å². The molecule has 42 heavy (non-hydrogen) atoms. The lowest BCUT2D eigenvalue weighted by atomic mass is 9.53. The number of cyclic esters (lactones) is 1. The molecule has 0 spiro atoms. The average molecular weight is 587 g/mol. The molecule has 4 aliphatic carbocycles. The lowest BCUT2D eigenvalue weighted by Gasteiger charge is -2.54. The molecule has 0 amide bonds. The highest BCUT2D eigenvalue weighted by Crippen LogP contribution is 2.58. The summed E-state index contributed by atoms with van der Waals surface area (Å²) in [7, 11) is 0. The van der Waals surface area contributed by atoms with E-state index in [4.69, 9.17) is 14.2 Å². The first-order valence-electron chi connectivity index (χ1n) is 16.9. The average Bonchev–Trinajstić information content (AvgIpc) is 3.44. The van der Waals surface area contributed by atoms with Crippen LogP contribution < -0.4 is 0 Å². The summed E-state index contributed by atoms with van der Waals surface area (Å²) in [5.74, 6) is 0.894. The monoisotopic (exact) mass is 586 g/mol. The van der Waals surface area contributed by atoms with E-state index in [1.165, 1.54) is 45.4 Å². The van der Waals surface area contributed by atoms with Crippen molar-refractivity contribution >= 4 is 11.9 Å². The Morgan fingerprint density at radius 3 is 2.29 bits per heavy atom. The normalized spacial score (nSPS) is 44.0. The predicted molar refractivity (Wildman–Crippen MR) is 163 cm³/mol. The maximum absolute atomic E-state index is 11.7. The number of fused-ring (bicyclic) bond motifs is 2. The molecule has 0 aromatic heterocycles. The van der Waals surface area contributed by atoms with Crippen LogP contribution in [0.15, 0.2) is 11.6 Å². The number of carbonyl (C=O) groups excluding carboxylic acids is 2. The Bertz CT molecular complexity index is 1060. The number of carbonyl (C=O) groups is 2. The molecule has 0 radical (unpaired) electrons. The van der Waals surface area contributed by atoms with Gasteiger partial charge in [0, 0.05) is 18.8 Å². The zero-order valence-corrected chi connectivity index (χ0v) is 27.6. The summed E-state index contributed by atoms with van der Waals surface area (Å²) in [6, 6.07) is 0. The van der Waals surface area contributed by atoms with E-state index in [-0.39, 0.29) is 35.5 Å². The van der Waals surface area contributed by atoms with Crippen LogP contribution in [-0.4, -0.2) is 42.1 Å². The van der Waals surface area contributed by atoms with Gasteiger partial charge in [0.05, 0.1) is 24.7 Å². The lowest BCUT2D eigenvalue weighted by molar-refractivity contribution is -0.173. The zero-order valence-electron chi connectivity index (χ0n) is 27.6. The van der Waals surface area contributed by atoms with Gasteiger partial charge in [-0.05, 0) is 98.2 Å². The van der Waals surface area contributed by atoms with Gasteiger partial charge in [-0.15, -0.1) is 0 Å². The first-order chi connectivity index (χ1) is 19.5. The van der Waals surface area contributed by atoms with Crippen LogP contribution >= 0.6 is 0 Å². The quantitative estimate of drug-likeness (QED) is 0.269. The van der Waals surface area contributed by atoms with Crippen molar-refractivity contribution in [2.75, 3.05) is 13.2 Å². The van der Waals surface area contributed by atoms with Crippen molar-refractivity contribution in [3.05, 3.63) is 11.6 Å². The van der Waals surface area contributed by atoms with E-state index < -0.39 is 5.60 Å². The third kappa shape index (κ3) is 6.50. The number of ether oxygens (including phenoxy) is 3. The van der Waals surface area contributed by atoms with E-state index in [0.717, 1.165) is 51.6 Å². The fourth-order valence-corrected chi connectivity index (χ4v) is 10.3. The van der Waals surface area contributed by atoms with Gasteiger partial charge in [0.25, 0.3) is 0 Å². The van der Waals surface area contributed by atoms with Crippen LogP contribution in [0.2, 0.25) is 0 Å². The summed E-state index contributed by atoms with van der Waals surface area (Å²) < 4.78 is 16.3. The summed E-state index contributed by atoms with van der Waals surface area (Å²) in [4.78, 5) is 22.9. The van der Waals surface area contributed by atoms with Crippen LogP contribution in [0.5, 0.6) is 0 Å². The van der Waals surface area contributed by atoms with Crippen molar-refractivity contribution < 1.29 is 28.9 Å². The fraction of sp³-hybridized carbons (Fsp3) is 0.889. The van der Waals surface area contributed by atoms with Crippen molar-refractivity contribution in [2.24, 2.45) is 45.3 Å². The molecule has 2 unspecified atom stereocenters. The minimum Gasteiger partial charge on any atom is -0.465 e. The molecular formula is C36H58O6. The van der Waals surface area contributed by atoms with E-state index in [1.54, 1.807) is 5.57 Å². The molecule has 0 aromatic carbocycles. The molecule has 238 valence electrons. The summed E-state index contributed by atoms with van der Waals surface area (Å²) in [5.41, 5.74) is 2.14. The topological polar surface area (TPSA) is 82.1 Å². The van der Waals surface area contributed by atoms with Gasteiger partial charge in [0.15, 0.2) is 0 Å². The molecule has 2 aliphatic heterocycles. The van der Waals surface area contributed by atoms with E-state index >= 15 is 0 Å². The van der Waals surface area contributed by atoms with E-state index in [2.05, 4.69) is 47.6 Å². The van der Waals surface area contributed by atoms with E-state index in [1.807, 2.05) is 0 Å². The molecule has 5 fully saturated rings. The summed E-state index contributed by atoms with van der Waals surface area (Å²) in [6.45, 7) is 16.9. The van der Waals surface area contributed by atoms with E-state index in [0.29, 0.717) is 34.7 Å². The van der Waals surface area contributed by atoms with Gasteiger partial charge < -0.3 is 19.3 Å². The highest BCUT2D eigenvalue weighted by molar-refractivity contribution is 5.75. The molecule has 6 aliphatic rings. The largest absolute Gasteiger partial charge is 0.465 e. The zero-order chi connectivity index (χ0) is 30.6. The van der Waals surface area contributed by atoms with Crippen LogP contribution in [0.3, 0.4) is 0 Å². The lowest BCUT2D eigenvalue weighted by Crippen LogP contribution is -2.54. The van der Waals surface area contributed by atoms with Crippen LogP contribution in [0, 0.1) is 45.3 Å². The smallest absolute Gasteiger partial charge is 0.309 e. The second-order valence-corrected chi connectivity index (χ2v) is 17.2. The van der Waals surface area contributed by atoms with Crippen molar-refractivity contribution in [3.8, 4) is 0 Å². The van der Waals surface area contributed by atoms with Crippen LogP contribution in [0.4, 0.5) is 0 Å². The number of hydrogen-bond donors (Lipinski definition) is 1. The van der Waals surface area contributed by atoms with Crippen molar-refractivity contribution in [1.82, 2.24) is 0 Å². The van der Waals surface area contributed by atoms with Gasteiger partial charge >= 0.3 is 11.9 Å². The molecule has 2 saturated heterocycles. The van der Waals surface area contributed by atoms with Crippen molar-refractivity contribution in [3.63, 3.8) is 0 Å². The first kappa shape index (κ1) is 32.0. The molecule has 0 bridgehead atoms. The Kier molecular flexibility index (Phi) is 8.77. The molecule has 8 atom stereocenters. The second-order valence-electron chi connectivity index (χ2n) is 17.2. The van der Waals surface area contributed by atoms with Gasteiger partial charge in [-0.3, -0.25) is 9.59 Å².